The van der Waals surface area contributed by atoms with Gasteiger partial charge < -0.3 is 0 Å². The van der Waals surface area contributed by atoms with E-state index in [4.69, 9.17) is 4.98 Å². The third kappa shape index (κ3) is 4.38. The third-order valence-corrected chi connectivity index (χ3v) is 8.17. The van der Waals surface area contributed by atoms with Crippen LogP contribution in [-0.4, -0.2) is 9.38 Å². The first-order valence-electron chi connectivity index (χ1n) is 13.4. The molecular weight excluding hydrogens is 504 g/mol. The van der Waals surface area contributed by atoms with Crippen LogP contribution in [0.15, 0.2) is 145 Å². The first-order valence-corrected chi connectivity index (χ1v) is 14.2. The van der Waals surface area contributed by atoms with Crippen molar-refractivity contribution >= 4 is 37.7 Å². The van der Waals surface area contributed by atoms with Crippen molar-refractivity contribution in [3.63, 3.8) is 0 Å². The van der Waals surface area contributed by atoms with Gasteiger partial charge in [-0.15, -0.1) is 5.73 Å². The predicted octanol–water partition coefficient (Wildman–Crippen LogP) is 9.69. The van der Waals surface area contributed by atoms with E-state index in [2.05, 4.69) is 157 Å². The number of imidazole rings is 1. The van der Waals surface area contributed by atoms with Gasteiger partial charge in [0.2, 0.25) is 0 Å². The Balaban J connectivity index is 1.67. The van der Waals surface area contributed by atoms with Crippen LogP contribution in [0.5, 0.6) is 0 Å². The van der Waals surface area contributed by atoms with E-state index in [1.807, 2.05) is 0 Å². The Bertz CT molecular complexity index is 1970. The van der Waals surface area contributed by atoms with Crippen LogP contribution >= 0.6 is 11.3 Å². The van der Waals surface area contributed by atoms with E-state index in [1.165, 1.54) is 10.3 Å². The molecule has 7 rings (SSSR count). The molecule has 2 aromatic heterocycles. The summed E-state index contributed by atoms with van der Waals surface area (Å²) in [6.07, 6.45) is 0. The second kappa shape index (κ2) is 10.3. The van der Waals surface area contributed by atoms with Crippen LogP contribution in [0.3, 0.4) is 0 Å². The molecule has 40 heavy (non-hydrogen) atoms. The molecule has 0 N–H and O–H groups in total. The summed E-state index contributed by atoms with van der Waals surface area (Å²) in [4.78, 5) is 6.24. The molecular formula is C37H26N2S. The highest BCUT2D eigenvalue weighted by atomic mass is 32.1. The molecule has 7 aromatic rings. The monoisotopic (exact) mass is 530 g/mol. The number of aromatic nitrogens is 2. The maximum atomic E-state index is 5.26. The van der Waals surface area contributed by atoms with Crippen molar-refractivity contribution in [2.75, 3.05) is 0 Å². The summed E-state index contributed by atoms with van der Waals surface area (Å²) in [6, 6.07) is 48.9. The zero-order valence-electron chi connectivity index (χ0n) is 22.1. The normalized spacial score (nSPS) is 11.0. The number of nitrogens with zero attached hydrogens (tertiary/aromatic N) is 2. The molecule has 3 heteroatoms. The first kappa shape index (κ1) is 24.1. The molecule has 0 radical (unpaired) electrons. The number of para-hydroxylation sites is 1. The lowest BCUT2D eigenvalue weighted by Gasteiger charge is -2.12. The molecule has 0 aliphatic carbocycles. The molecule has 2 nitrogen and oxygen atoms in total. The van der Waals surface area contributed by atoms with Crippen molar-refractivity contribution in [1.82, 2.24) is 9.38 Å². The summed E-state index contributed by atoms with van der Waals surface area (Å²) in [5.41, 5.74) is 14.8. The number of aryl methyl sites for hydroxylation is 1. The average molecular weight is 531 g/mol. The fourth-order valence-corrected chi connectivity index (χ4v) is 6.21. The molecule has 0 spiro atoms. The summed E-state index contributed by atoms with van der Waals surface area (Å²) in [6.45, 7) is 2.12. The Morgan fingerprint density at radius 2 is 1.12 bits per heavy atom. The Morgan fingerprint density at radius 1 is 0.600 bits per heavy atom. The minimum Gasteiger partial charge on any atom is -0.282 e. The lowest BCUT2D eigenvalue weighted by atomic mass is 9.94. The second-order valence-electron chi connectivity index (χ2n) is 9.84. The van der Waals surface area contributed by atoms with E-state index in [0.29, 0.717) is 0 Å². The number of hydrogen-bond acceptors (Lipinski definition) is 2. The average Bonchev–Trinajstić information content (AvgIpc) is 3.56. The minimum absolute atomic E-state index is 0.962. The van der Waals surface area contributed by atoms with Crippen LogP contribution < -0.4 is 0 Å². The minimum atomic E-state index is 0.962. The van der Waals surface area contributed by atoms with Gasteiger partial charge in [-0.3, -0.25) is 4.40 Å². The highest BCUT2D eigenvalue weighted by Crippen LogP contribution is 2.39. The van der Waals surface area contributed by atoms with Gasteiger partial charge in [-0.2, -0.15) is 0 Å². The summed E-state index contributed by atoms with van der Waals surface area (Å²) in [5.74, 6) is 0. The standard InChI is InChI=1S/C37H26N2S/c1-26-21-23-30(24-22-26)35-36(39-33-19-11-12-20-34(33)40-37(39)38-35)32(29-17-9-4-10-18-29)25-31(27-13-5-2-6-14-27)28-15-7-3-8-16-28/h2-24H,1H3. The first-order chi connectivity index (χ1) is 19.8. The summed E-state index contributed by atoms with van der Waals surface area (Å²) >= 11 is 1.72. The molecule has 5 aromatic carbocycles. The van der Waals surface area contributed by atoms with E-state index in [-0.39, 0.29) is 0 Å². The van der Waals surface area contributed by atoms with Crippen LogP contribution in [0.2, 0.25) is 0 Å². The van der Waals surface area contributed by atoms with Gasteiger partial charge in [0.1, 0.15) is 0 Å². The lowest BCUT2D eigenvalue weighted by molar-refractivity contribution is 1.25. The molecule has 0 atom stereocenters. The molecule has 0 saturated carbocycles. The topological polar surface area (TPSA) is 17.3 Å². The number of fused-ring (bicyclic) bond motifs is 3. The molecule has 0 aliphatic rings. The smallest absolute Gasteiger partial charge is 0.195 e. The summed E-state index contributed by atoms with van der Waals surface area (Å²) < 4.78 is 3.53. The number of rotatable bonds is 5. The van der Waals surface area contributed by atoms with E-state index in [9.17, 15) is 0 Å². The summed E-state index contributed by atoms with van der Waals surface area (Å²) in [7, 11) is 0. The van der Waals surface area contributed by atoms with Crippen molar-refractivity contribution in [3.8, 4) is 11.3 Å². The van der Waals surface area contributed by atoms with E-state index in [1.54, 1.807) is 11.3 Å². The molecule has 0 fully saturated rings. The fraction of sp³-hybridized carbons (Fsp3) is 0.0270. The Kier molecular flexibility index (Phi) is 6.22. The number of hydrogen-bond donors (Lipinski definition) is 0. The van der Waals surface area contributed by atoms with E-state index in [0.717, 1.165) is 55.3 Å². The zero-order chi connectivity index (χ0) is 26.9. The molecule has 190 valence electrons. The molecule has 0 bridgehead atoms. The van der Waals surface area contributed by atoms with Gasteiger partial charge in [-0.05, 0) is 35.7 Å². The third-order valence-electron chi connectivity index (χ3n) is 7.15. The SMILES string of the molecule is Cc1ccc(-c2nc3sc4ccccc4n3c2C(=C=C(c2ccccc2)c2ccccc2)c2ccccc2)cc1. The van der Waals surface area contributed by atoms with Gasteiger partial charge in [0.15, 0.2) is 4.96 Å². The number of thiazole rings is 1. The lowest BCUT2D eigenvalue weighted by Crippen LogP contribution is -1.97. The second-order valence-corrected chi connectivity index (χ2v) is 10.8. The maximum Gasteiger partial charge on any atom is 0.195 e. The molecule has 2 heterocycles. The van der Waals surface area contributed by atoms with Crippen LogP contribution in [-0.2, 0) is 0 Å². The van der Waals surface area contributed by atoms with Crippen molar-refractivity contribution in [2.45, 2.75) is 6.92 Å². The van der Waals surface area contributed by atoms with Crippen LogP contribution in [0, 0.1) is 6.92 Å². The van der Waals surface area contributed by atoms with Gasteiger partial charge in [-0.25, -0.2) is 4.98 Å². The Morgan fingerprint density at radius 3 is 1.73 bits per heavy atom. The molecule has 0 aliphatic heterocycles. The van der Waals surface area contributed by atoms with Gasteiger partial charge in [0.25, 0.3) is 0 Å². The molecule has 0 saturated heterocycles. The highest BCUT2D eigenvalue weighted by Gasteiger charge is 2.23. The molecule has 0 unspecified atom stereocenters. The van der Waals surface area contributed by atoms with Crippen molar-refractivity contribution in [1.29, 1.82) is 0 Å². The van der Waals surface area contributed by atoms with Crippen LogP contribution in [0.4, 0.5) is 0 Å². The maximum absolute atomic E-state index is 5.26. The Labute approximate surface area is 237 Å². The van der Waals surface area contributed by atoms with Gasteiger partial charge in [-0.1, -0.05) is 144 Å². The highest BCUT2D eigenvalue weighted by molar-refractivity contribution is 7.23. The van der Waals surface area contributed by atoms with Crippen molar-refractivity contribution < 1.29 is 0 Å². The van der Waals surface area contributed by atoms with Gasteiger partial charge >= 0.3 is 0 Å². The summed E-state index contributed by atoms with van der Waals surface area (Å²) in [5, 5.41) is 0. The quantitative estimate of drug-likeness (QED) is 0.203. The van der Waals surface area contributed by atoms with Gasteiger partial charge in [0.05, 0.1) is 27.2 Å². The van der Waals surface area contributed by atoms with E-state index >= 15 is 0 Å². The predicted molar refractivity (Wildman–Crippen MR) is 169 cm³/mol. The van der Waals surface area contributed by atoms with Crippen LogP contribution in [0.25, 0.3) is 37.6 Å². The van der Waals surface area contributed by atoms with Gasteiger partial charge in [0, 0.05) is 11.1 Å². The van der Waals surface area contributed by atoms with Crippen molar-refractivity contribution in [3.05, 3.63) is 173 Å². The number of benzene rings is 5. The molecule has 0 amide bonds. The van der Waals surface area contributed by atoms with Crippen molar-refractivity contribution in [2.24, 2.45) is 0 Å². The van der Waals surface area contributed by atoms with E-state index < -0.39 is 0 Å². The Hall–Kier alpha value is -4.95. The van der Waals surface area contributed by atoms with Crippen LogP contribution in [0.1, 0.15) is 27.9 Å². The largest absolute Gasteiger partial charge is 0.282 e. The zero-order valence-corrected chi connectivity index (χ0v) is 22.9. The fourth-order valence-electron chi connectivity index (χ4n) is 5.18.